The van der Waals surface area contributed by atoms with E-state index in [4.69, 9.17) is 14.7 Å². The van der Waals surface area contributed by atoms with Gasteiger partial charge in [-0.05, 0) is 46.1 Å². The molecule has 0 aliphatic rings. The normalized spacial score (nSPS) is 10.9. The van der Waals surface area contributed by atoms with Gasteiger partial charge in [-0.2, -0.15) is 5.26 Å². The zero-order chi connectivity index (χ0) is 15.7. The number of nitrogens with zero attached hydrogens (tertiary/aromatic N) is 1. The van der Waals surface area contributed by atoms with Gasteiger partial charge in [0.1, 0.15) is 17.4 Å². The Bertz CT molecular complexity index is 565. The molecule has 1 aromatic rings. The van der Waals surface area contributed by atoms with Crippen LogP contribution in [0.2, 0.25) is 0 Å². The van der Waals surface area contributed by atoms with Crippen molar-refractivity contribution >= 4 is 27.9 Å². The number of nitrogens with one attached hydrogen (secondary N) is 1. The van der Waals surface area contributed by atoms with Crippen LogP contribution in [0.25, 0.3) is 6.08 Å². The van der Waals surface area contributed by atoms with E-state index < -0.39 is 0 Å². The molecule has 1 rings (SSSR count). The third-order valence-corrected chi connectivity index (χ3v) is 3.28. The number of benzene rings is 1. The number of carbonyl (C=O) groups is 1. The minimum absolute atomic E-state index is 0.0597. The van der Waals surface area contributed by atoms with Crippen molar-refractivity contribution in [2.45, 2.75) is 6.42 Å². The monoisotopic (exact) mass is 352 g/mol. The molecule has 0 aliphatic heterocycles. The Kier molecular flexibility index (Phi) is 7.51. The maximum atomic E-state index is 11.9. The summed E-state index contributed by atoms with van der Waals surface area (Å²) in [5, 5.41) is 11.8. The van der Waals surface area contributed by atoms with Gasteiger partial charge in [-0.1, -0.05) is 6.07 Å². The zero-order valence-corrected chi connectivity index (χ0v) is 13.6. The van der Waals surface area contributed by atoms with Crippen LogP contribution in [0.1, 0.15) is 12.0 Å². The minimum atomic E-state index is -0.388. The molecule has 0 saturated carbocycles. The van der Waals surface area contributed by atoms with E-state index in [0.29, 0.717) is 25.3 Å². The molecule has 0 spiro atoms. The van der Waals surface area contributed by atoms with Crippen LogP contribution in [0.3, 0.4) is 0 Å². The maximum absolute atomic E-state index is 11.9. The third kappa shape index (κ3) is 5.58. The number of ether oxygens (including phenoxy) is 2. The summed E-state index contributed by atoms with van der Waals surface area (Å²) in [4.78, 5) is 11.9. The summed E-state index contributed by atoms with van der Waals surface area (Å²) in [6.45, 7) is 1.04. The van der Waals surface area contributed by atoms with Gasteiger partial charge in [0.05, 0.1) is 11.6 Å². The molecule has 0 aromatic heterocycles. The second-order valence-corrected chi connectivity index (χ2v) is 5.02. The van der Waals surface area contributed by atoms with Gasteiger partial charge in [0.15, 0.2) is 0 Å². The highest BCUT2D eigenvalue weighted by Gasteiger charge is 2.09. The number of halogens is 1. The average molecular weight is 353 g/mol. The SMILES string of the molecule is COCCCNC(=O)/C(C#N)=C/c1ccc(OC)c(Br)c1. The van der Waals surface area contributed by atoms with Gasteiger partial charge in [0, 0.05) is 20.3 Å². The Balaban J connectivity index is 2.77. The van der Waals surface area contributed by atoms with E-state index in [2.05, 4.69) is 21.2 Å². The van der Waals surface area contributed by atoms with Gasteiger partial charge in [0.2, 0.25) is 0 Å². The van der Waals surface area contributed by atoms with Crippen LogP contribution in [0.4, 0.5) is 0 Å². The van der Waals surface area contributed by atoms with Crippen LogP contribution in [-0.2, 0) is 9.53 Å². The first-order chi connectivity index (χ1) is 10.1. The summed E-state index contributed by atoms with van der Waals surface area (Å²) in [6.07, 6.45) is 2.24. The Hall–Kier alpha value is -1.84. The molecular formula is C15H17BrN2O3. The summed E-state index contributed by atoms with van der Waals surface area (Å²) < 4.78 is 10.8. The summed E-state index contributed by atoms with van der Waals surface area (Å²) in [5.74, 6) is 0.301. The first-order valence-electron chi connectivity index (χ1n) is 6.34. The molecule has 0 fully saturated rings. The summed E-state index contributed by atoms with van der Waals surface area (Å²) in [5.41, 5.74) is 0.802. The van der Waals surface area contributed by atoms with E-state index in [1.807, 2.05) is 6.07 Å². The van der Waals surface area contributed by atoms with E-state index in [1.165, 1.54) is 6.08 Å². The van der Waals surface area contributed by atoms with Crippen molar-refractivity contribution in [2.75, 3.05) is 27.4 Å². The quantitative estimate of drug-likeness (QED) is 0.465. The molecular weight excluding hydrogens is 336 g/mol. The topological polar surface area (TPSA) is 71.3 Å². The Labute approximate surface area is 132 Å². The lowest BCUT2D eigenvalue weighted by Crippen LogP contribution is -2.26. The molecule has 112 valence electrons. The fraction of sp³-hybridized carbons (Fsp3) is 0.333. The highest BCUT2D eigenvalue weighted by molar-refractivity contribution is 9.10. The van der Waals surface area contributed by atoms with Crippen molar-refractivity contribution in [1.82, 2.24) is 5.32 Å². The molecule has 1 N–H and O–H groups in total. The average Bonchev–Trinajstić information content (AvgIpc) is 2.49. The zero-order valence-electron chi connectivity index (χ0n) is 12.0. The smallest absolute Gasteiger partial charge is 0.261 e. The Morgan fingerprint density at radius 1 is 1.48 bits per heavy atom. The molecule has 5 nitrogen and oxygen atoms in total. The second kappa shape index (κ2) is 9.16. The predicted molar refractivity (Wildman–Crippen MR) is 83.8 cm³/mol. The highest BCUT2D eigenvalue weighted by Crippen LogP contribution is 2.26. The fourth-order valence-electron chi connectivity index (χ4n) is 1.60. The third-order valence-electron chi connectivity index (χ3n) is 2.66. The Morgan fingerprint density at radius 2 is 2.24 bits per heavy atom. The van der Waals surface area contributed by atoms with Gasteiger partial charge in [-0.3, -0.25) is 4.79 Å². The van der Waals surface area contributed by atoms with Crippen LogP contribution in [0.5, 0.6) is 5.75 Å². The minimum Gasteiger partial charge on any atom is -0.496 e. The largest absolute Gasteiger partial charge is 0.496 e. The van der Waals surface area contributed by atoms with Crippen molar-refractivity contribution in [2.24, 2.45) is 0 Å². The number of hydrogen-bond donors (Lipinski definition) is 1. The van der Waals surface area contributed by atoms with Gasteiger partial charge >= 0.3 is 0 Å². The predicted octanol–water partition coefficient (Wildman–Crippen LogP) is 2.52. The first-order valence-corrected chi connectivity index (χ1v) is 7.14. The number of nitriles is 1. The number of rotatable bonds is 7. The van der Waals surface area contributed by atoms with E-state index in [-0.39, 0.29) is 11.5 Å². The highest BCUT2D eigenvalue weighted by atomic mass is 79.9. The number of carbonyl (C=O) groups excluding carboxylic acids is 1. The lowest BCUT2D eigenvalue weighted by atomic mass is 10.1. The van der Waals surface area contributed by atoms with Gasteiger partial charge in [-0.25, -0.2) is 0 Å². The van der Waals surface area contributed by atoms with E-state index in [0.717, 1.165) is 10.0 Å². The summed E-state index contributed by atoms with van der Waals surface area (Å²) in [7, 11) is 3.17. The van der Waals surface area contributed by atoms with Crippen molar-refractivity contribution in [3.8, 4) is 11.8 Å². The van der Waals surface area contributed by atoms with E-state index >= 15 is 0 Å². The lowest BCUT2D eigenvalue weighted by Gasteiger charge is -2.05. The maximum Gasteiger partial charge on any atom is 0.261 e. The molecule has 1 amide bonds. The molecule has 6 heteroatoms. The van der Waals surface area contributed by atoms with Crippen molar-refractivity contribution in [1.29, 1.82) is 5.26 Å². The van der Waals surface area contributed by atoms with Gasteiger partial charge in [-0.15, -0.1) is 0 Å². The lowest BCUT2D eigenvalue weighted by molar-refractivity contribution is -0.117. The summed E-state index contributed by atoms with van der Waals surface area (Å²) in [6, 6.07) is 7.24. The molecule has 0 aliphatic carbocycles. The molecule has 0 atom stereocenters. The van der Waals surface area contributed by atoms with Crippen LogP contribution in [0, 0.1) is 11.3 Å². The second-order valence-electron chi connectivity index (χ2n) is 4.17. The van der Waals surface area contributed by atoms with Gasteiger partial charge in [0.25, 0.3) is 5.91 Å². The van der Waals surface area contributed by atoms with Crippen LogP contribution in [-0.4, -0.2) is 33.3 Å². The van der Waals surface area contributed by atoms with Gasteiger partial charge < -0.3 is 14.8 Å². The molecule has 0 saturated heterocycles. The van der Waals surface area contributed by atoms with Crippen molar-refractivity contribution in [3.05, 3.63) is 33.8 Å². The van der Waals surface area contributed by atoms with Crippen LogP contribution in [0.15, 0.2) is 28.2 Å². The van der Waals surface area contributed by atoms with Crippen LogP contribution >= 0.6 is 15.9 Å². The Morgan fingerprint density at radius 3 is 2.81 bits per heavy atom. The molecule has 0 radical (unpaired) electrons. The number of methoxy groups -OCH3 is 2. The molecule has 0 unspecified atom stereocenters. The molecule has 0 bridgehead atoms. The first kappa shape index (κ1) is 17.2. The number of amides is 1. The molecule has 1 aromatic carbocycles. The standard InChI is InChI=1S/C15H17BrN2O3/c1-20-7-3-6-18-15(19)12(10-17)8-11-4-5-14(21-2)13(16)9-11/h4-5,8-9H,3,6-7H2,1-2H3,(H,18,19)/b12-8+. The fourth-order valence-corrected chi connectivity index (χ4v) is 2.16. The van der Waals surface area contributed by atoms with E-state index in [1.54, 1.807) is 32.4 Å². The molecule has 0 heterocycles. The van der Waals surface area contributed by atoms with E-state index in [9.17, 15) is 4.79 Å². The van der Waals surface area contributed by atoms with Crippen molar-refractivity contribution < 1.29 is 14.3 Å². The van der Waals surface area contributed by atoms with Crippen LogP contribution < -0.4 is 10.1 Å². The summed E-state index contributed by atoms with van der Waals surface area (Å²) >= 11 is 3.36. The number of hydrogen-bond acceptors (Lipinski definition) is 4. The van der Waals surface area contributed by atoms with Crippen molar-refractivity contribution in [3.63, 3.8) is 0 Å². The molecule has 21 heavy (non-hydrogen) atoms.